The summed E-state index contributed by atoms with van der Waals surface area (Å²) in [6.07, 6.45) is 5.58. The number of piperidine rings is 1. The van der Waals surface area contributed by atoms with E-state index in [9.17, 15) is 5.11 Å². The third-order valence-corrected chi connectivity index (χ3v) is 6.88. The minimum absolute atomic E-state index is 0.141. The van der Waals surface area contributed by atoms with Gasteiger partial charge < -0.3 is 10.0 Å². The molecule has 2 aliphatic rings. The summed E-state index contributed by atoms with van der Waals surface area (Å²) in [5.74, 6) is 1.46. The van der Waals surface area contributed by atoms with E-state index in [-0.39, 0.29) is 6.10 Å². The second-order valence-corrected chi connectivity index (χ2v) is 8.54. The number of aliphatic hydroxyl groups excluding tert-OH is 1. The maximum atomic E-state index is 9.51. The lowest BCUT2D eigenvalue weighted by Crippen LogP contribution is -2.35. The van der Waals surface area contributed by atoms with Gasteiger partial charge in [0.05, 0.1) is 6.10 Å². The van der Waals surface area contributed by atoms with Crippen LogP contribution in [0.25, 0.3) is 0 Å². The molecule has 2 fully saturated rings. The molecule has 1 saturated heterocycles. The fourth-order valence-electron chi connectivity index (χ4n) is 3.66. The minimum Gasteiger partial charge on any atom is -0.393 e. The second-order valence-electron chi connectivity index (χ2n) is 7.19. The Bertz CT molecular complexity index is 724. The van der Waals surface area contributed by atoms with Gasteiger partial charge >= 0.3 is 0 Å². The average molecular weight is 356 g/mol. The number of nitrogens with zero attached hydrogens (tertiary/aromatic N) is 3. The molecule has 0 bridgehead atoms. The van der Waals surface area contributed by atoms with Crippen LogP contribution in [0.5, 0.6) is 0 Å². The quantitative estimate of drug-likeness (QED) is 0.904. The summed E-state index contributed by atoms with van der Waals surface area (Å²) in [5.41, 5.74) is 2.46. The molecule has 1 N–H and O–H groups in total. The van der Waals surface area contributed by atoms with Gasteiger partial charge in [-0.2, -0.15) is 0 Å². The molecule has 25 heavy (non-hydrogen) atoms. The Kier molecular flexibility index (Phi) is 4.95. The largest absolute Gasteiger partial charge is 0.393 e. The van der Waals surface area contributed by atoms with Crippen molar-refractivity contribution in [2.75, 3.05) is 18.0 Å². The molecule has 4 nitrogen and oxygen atoms in total. The number of aromatic nitrogens is 2. The van der Waals surface area contributed by atoms with Crippen LogP contribution in [0.3, 0.4) is 0 Å². The molecule has 1 aromatic carbocycles. The van der Waals surface area contributed by atoms with Crippen LogP contribution in [-0.4, -0.2) is 39.5 Å². The molecule has 2 heterocycles. The maximum Gasteiger partial charge on any atom is 0.132 e. The summed E-state index contributed by atoms with van der Waals surface area (Å²) in [5, 5.41) is 10.2. The summed E-state index contributed by atoms with van der Waals surface area (Å²) in [7, 11) is 0. The van der Waals surface area contributed by atoms with Crippen molar-refractivity contribution >= 4 is 17.6 Å². The molecule has 132 valence electrons. The number of hydrogen-bond acceptors (Lipinski definition) is 5. The normalized spacial score (nSPS) is 24.2. The van der Waals surface area contributed by atoms with Crippen molar-refractivity contribution in [3.8, 4) is 0 Å². The number of rotatable bonds is 4. The van der Waals surface area contributed by atoms with Gasteiger partial charge in [-0.3, -0.25) is 0 Å². The molecule has 0 atom stereocenters. The Morgan fingerprint density at radius 3 is 2.60 bits per heavy atom. The van der Waals surface area contributed by atoms with E-state index < -0.39 is 0 Å². The predicted molar refractivity (Wildman–Crippen MR) is 102 cm³/mol. The van der Waals surface area contributed by atoms with Crippen molar-refractivity contribution in [2.45, 2.75) is 54.8 Å². The SMILES string of the molecule is Cc1ccccc1SC1CCN(c2cc(C3CC(O)C3)ncn2)CC1. The number of aryl methyl sites for hydroxylation is 1. The number of anilines is 1. The summed E-state index contributed by atoms with van der Waals surface area (Å²) >= 11 is 2.02. The zero-order valence-electron chi connectivity index (χ0n) is 14.6. The maximum absolute atomic E-state index is 9.51. The van der Waals surface area contributed by atoms with Crippen LogP contribution in [0.4, 0.5) is 5.82 Å². The Morgan fingerprint density at radius 1 is 1.12 bits per heavy atom. The first-order valence-electron chi connectivity index (χ1n) is 9.16. The Hall–Kier alpha value is -1.59. The topological polar surface area (TPSA) is 49.2 Å². The van der Waals surface area contributed by atoms with Crippen molar-refractivity contribution in [2.24, 2.45) is 0 Å². The molecule has 4 rings (SSSR count). The van der Waals surface area contributed by atoms with Gasteiger partial charge in [0.2, 0.25) is 0 Å². The first-order valence-corrected chi connectivity index (χ1v) is 10.0. The number of aliphatic hydroxyl groups is 1. The van der Waals surface area contributed by atoms with Gasteiger partial charge in [0.1, 0.15) is 12.1 Å². The van der Waals surface area contributed by atoms with Gasteiger partial charge in [0.25, 0.3) is 0 Å². The van der Waals surface area contributed by atoms with Crippen molar-refractivity contribution in [1.82, 2.24) is 9.97 Å². The number of benzene rings is 1. The first kappa shape index (κ1) is 16.9. The molecular formula is C20H25N3OS. The standard InChI is InChI=1S/C20H25N3OS/c1-14-4-2-3-5-19(14)25-17-6-8-23(9-7-17)20-12-18(21-13-22-20)15-10-16(24)11-15/h2-5,12-13,15-17,24H,6-11H2,1H3. The van der Waals surface area contributed by atoms with E-state index in [0.717, 1.165) is 37.4 Å². The van der Waals surface area contributed by atoms with E-state index in [1.807, 2.05) is 11.8 Å². The Labute approximate surface area is 153 Å². The molecule has 0 unspecified atom stereocenters. The smallest absolute Gasteiger partial charge is 0.132 e. The van der Waals surface area contributed by atoms with Gasteiger partial charge in [-0.15, -0.1) is 11.8 Å². The number of hydrogen-bond donors (Lipinski definition) is 1. The lowest BCUT2D eigenvalue weighted by Gasteiger charge is -2.34. The highest BCUT2D eigenvalue weighted by molar-refractivity contribution is 8.00. The van der Waals surface area contributed by atoms with Gasteiger partial charge in [0.15, 0.2) is 0 Å². The summed E-state index contributed by atoms with van der Waals surface area (Å²) in [6, 6.07) is 10.8. The van der Waals surface area contributed by atoms with Crippen molar-refractivity contribution < 1.29 is 5.11 Å². The molecule has 0 radical (unpaired) electrons. The van der Waals surface area contributed by atoms with Gasteiger partial charge in [-0.1, -0.05) is 18.2 Å². The molecule has 5 heteroatoms. The lowest BCUT2D eigenvalue weighted by molar-refractivity contribution is 0.0732. The summed E-state index contributed by atoms with van der Waals surface area (Å²) in [6.45, 7) is 4.29. The van der Waals surface area contributed by atoms with Crippen LogP contribution < -0.4 is 4.90 Å². The zero-order chi connectivity index (χ0) is 17.2. The van der Waals surface area contributed by atoms with E-state index in [2.05, 4.69) is 52.1 Å². The molecule has 0 amide bonds. The molecular weight excluding hydrogens is 330 g/mol. The Balaban J connectivity index is 1.36. The van der Waals surface area contributed by atoms with Crippen LogP contribution in [0.15, 0.2) is 41.6 Å². The van der Waals surface area contributed by atoms with Crippen molar-refractivity contribution in [1.29, 1.82) is 0 Å². The molecule has 1 aromatic heterocycles. The van der Waals surface area contributed by atoms with Crippen molar-refractivity contribution in [3.05, 3.63) is 47.9 Å². The molecule has 0 spiro atoms. The van der Waals surface area contributed by atoms with E-state index in [4.69, 9.17) is 0 Å². The Morgan fingerprint density at radius 2 is 1.88 bits per heavy atom. The van der Waals surface area contributed by atoms with Gasteiger partial charge in [-0.25, -0.2) is 9.97 Å². The zero-order valence-corrected chi connectivity index (χ0v) is 15.5. The highest BCUT2D eigenvalue weighted by atomic mass is 32.2. The highest BCUT2D eigenvalue weighted by Gasteiger charge is 2.30. The lowest BCUT2D eigenvalue weighted by atomic mass is 9.80. The summed E-state index contributed by atoms with van der Waals surface area (Å²) in [4.78, 5) is 12.7. The second kappa shape index (κ2) is 7.34. The average Bonchev–Trinajstić information content (AvgIpc) is 2.62. The van der Waals surface area contributed by atoms with Gasteiger partial charge in [-0.05, 0) is 44.2 Å². The van der Waals surface area contributed by atoms with Crippen LogP contribution in [-0.2, 0) is 0 Å². The monoisotopic (exact) mass is 355 g/mol. The summed E-state index contributed by atoms with van der Waals surface area (Å²) < 4.78 is 0. The molecule has 1 aliphatic heterocycles. The van der Waals surface area contributed by atoms with E-state index >= 15 is 0 Å². The first-order chi connectivity index (χ1) is 12.2. The van der Waals surface area contributed by atoms with E-state index in [1.165, 1.54) is 23.3 Å². The minimum atomic E-state index is -0.141. The van der Waals surface area contributed by atoms with E-state index in [1.54, 1.807) is 6.33 Å². The van der Waals surface area contributed by atoms with Crippen LogP contribution in [0.1, 0.15) is 42.9 Å². The van der Waals surface area contributed by atoms with Crippen LogP contribution in [0, 0.1) is 6.92 Å². The van der Waals surface area contributed by atoms with Gasteiger partial charge in [0, 0.05) is 40.9 Å². The molecule has 1 aliphatic carbocycles. The highest BCUT2D eigenvalue weighted by Crippen LogP contribution is 2.37. The number of thioether (sulfide) groups is 1. The van der Waals surface area contributed by atoms with Crippen molar-refractivity contribution in [3.63, 3.8) is 0 Å². The molecule has 1 saturated carbocycles. The van der Waals surface area contributed by atoms with E-state index in [0.29, 0.717) is 11.2 Å². The van der Waals surface area contributed by atoms with Crippen LogP contribution >= 0.6 is 11.8 Å². The predicted octanol–water partition coefficient (Wildman–Crippen LogP) is 3.78. The third kappa shape index (κ3) is 3.82. The molecule has 2 aromatic rings. The van der Waals surface area contributed by atoms with Crippen LogP contribution in [0.2, 0.25) is 0 Å². The fraction of sp³-hybridized carbons (Fsp3) is 0.500. The third-order valence-electron chi connectivity index (χ3n) is 5.36. The fourth-order valence-corrected chi connectivity index (χ4v) is 4.87.